The summed E-state index contributed by atoms with van der Waals surface area (Å²) < 4.78 is 15.3. The first kappa shape index (κ1) is 19.4. The van der Waals surface area contributed by atoms with Crippen LogP contribution in [0.5, 0.6) is 0 Å². The van der Waals surface area contributed by atoms with E-state index < -0.39 is 5.82 Å². The van der Waals surface area contributed by atoms with E-state index in [-0.39, 0.29) is 11.7 Å². The van der Waals surface area contributed by atoms with E-state index in [9.17, 15) is 9.18 Å². The molecule has 0 aliphatic rings. The number of aromatic nitrogens is 3. The Kier molecular flexibility index (Phi) is 6.02. The summed E-state index contributed by atoms with van der Waals surface area (Å²) in [6.07, 6.45) is 0. The second kappa shape index (κ2) is 9.02. The number of amides is 1. The number of benzene rings is 2. The van der Waals surface area contributed by atoms with Crippen LogP contribution in [-0.4, -0.2) is 26.4 Å². The molecule has 4 aromatic rings. The molecular weight excluding hydrogens is 407 g/mol. The fraction of sp³-hybridized carbons (Fsp3) is 0.0952. The summed E-state index contributed by atoms with van der Waals surface area (Å²) in [5, 5.41) is 14.0. The van der Waals surface area contributed by atoms with E-state index in [1.54, 1.807) is 23.5 Å². The highest BCUT2D eigenvalue weighted by molar-refractivity contribution is 7.99. The van der Waals surface area contributed by atoms with Gasteiger partial charge in [0.15, 0.2) is 11.0 Å². The van der Waals surface area contributed by atoms with Crippen LogP contribution in [0.15, 0.2) is 77.3 Å². The number of carbonyl (C=O) groups is 1. The van der Waals surface area contributed by atoms with Crippen molar-refractivity contribution in [3.05, 3.63) is 83.5 Å². The normalized spacial score (nSPS) is 10.8. The van der Waals surface area contributed by atoms with E-state index in [1.807, 2.05) is 52.4 Å². The Balaban J connectivity index is 1.51. The van der Waals surface area contributed by atoms with Gasteiger partial charge in [0, 0.05) is 5.69 Å². The maximum atomic E-state index is 13.3. The minimum absolute atomic E-state index is 0.147. The van der Waals surface area contributed by atoms with Crippen LogP contribution in [0.25, 0.3) is 10.7 Å². The summed E-state index contributed by atoms with van der Waals surface area (Å²) in [7, 11) is 0. The lowest BCUT2D eigenvalue weighted by Crippen LogP contribution is -2.15. The second-order valence-corrected chi connectivity index (χ2v) is 8.09. The van der Waals surface area contributed by atoms with E-state index in [2.05, 4.69) is 15.5 Å². The number of halogens is 1. The zero-order valence-corrected chi connectivity index (χ0v) is 16.9. The van der Waals surface area contributed by atoms with Gasteiger partial charge in [0.05, 0.1) is 17.2 Å². The number of carbonyl (C=O) groups excluding carboxylic acids is 1. The molecule has 0 saturated heterocycles. The van der Waals surface area contributed by atoms with Crippen molar-refractivity contribution in [2.75, 3.05) is 11.1 Å². The molecule has 0 bridgehead atoms. The van der Waals surface area contributed by atoms with Crippen LogP contribution in [-0.2, 0) is 11.3 Å². The Morgan fingerprint density at radius 2 is 1.93 bits per heavy atom. The average molecular weight is 425 g/mol. The van der Waals surface area contributed by atoms with Gasteiger partial charge in [-0.2, -0.15) is 0 Å². The number of nitrogens with zero attached hydrogens (tertiary/aromatic N) is 3. The molecule has 2 aromatic carbocycles. The lowest BCUT2D eigenvalue weighted by molar-refractivity contribution is -0.113. The summed E-state index contributed by atoms with van der Waals surface area (Å²) in [6, 6.07) is 19.8. The highest BCUT2D eigenvalue weighted by Crippen LogP contribution is 2.28. The molecule has 8 heteroatoms. The predicted octanol–water partition coefficient (Wildman–Crippen LogP) is 4.92. The van der Waals surface area contributed by atoms with Crippen molar-refractivity contribution in [2.45, 2.75) is 11.7 Å². The van der Waals surface area contributed by atoms with Gasteiger partial charge >= 0.3 is 0 Å². The molecule has 5 nitrogen and oxygen atoms in total. The van der Waals surface area contributed by atoms with Crippen molar-refractivity contribution in [2.24, 2.45) is 0 Å². The number of hydrogen-bond acceptors (Lipinski definition) is 5. The maximum absolute atomic E-state index is 13.3. The third-order valence-electron chi connectivity index (χ3n) is 4.08. The highest BCUT2D eigenvalue weighted by atomic mass is 32.2. The Labute approximate surface area is 175 Å². The Morgan fingerprint density at radius 1 is 1.07 bits per heavy atom. The summed E-state index contributed by atoms with van der Waals surface area (Å²) in [4.78, 5) is 13.3. The first-order valence-corrected chi connectivity index (χ1v) is 10.7. The molecule has 2 heterocycles. The summed E-state index contributed by atoms with van der Waals surface area (Å²) in [6.45, 7) is 0.606. The van der Waals surface area contributed by atoms with Crippen molar-refractivity contribution in [3.8, 4) is 10.7 Å². The largest absolute Gasteiger partial charge is 0.325 e. The van der Waals surface area contributed by atoms with Gasteiger partial charge in [0.25, 0.3) is 0 Å². The predicted molar refractivity (Wildman–Crippen MR) is 115 cm³/mol. The van der Waals surface area contributed by atoms with Crippen LogP contribution in [0, 0.1) is 5.82 Å². The summed E-state index contributed by atoms with van der Waals surface area (Å²) in [5.41, 5.74) is 1.55. The van der Waals surface area contributed by atoms with Gasteiger partial charge in [-0.1, -0.05) is 54.2 Å². The van der Waals surface area contributed by atoms with E-state index in [4.69, 9.17) is 0 Å². The van der Waals surface area contributed by atoms with Gasteiger partial charge < -0.3 is 5.32 Å². The summed E-state index contributed by atoms with van der Waals surface area (Å²) >= 11 is 2.90. The summed E-state index contributed by atoms with van der Waals surface area (Å²) in [5.74, 6) is 0.302. The third-order valence-corrected chi connectivity index (χ3v) is 5.92. The van der Waals surface area contributed by atoms with Gasteiger partial charge in [-0.3, -0.25) is 9.36 Å². The molecule has 0 aliphatic heterocycles. The Bertz CT molecular complexity index is 1100. The second-order valence-electron chi connectivity index (χ2n) is 6.20. The van der Waals surface area contributed by atoms with Gasteiger partial charge in [0.2, 0.25) is 5.91 Å². The zero-order valence-electron chi connectivity index (χ0n) is 15.3. The Morgan fingerprint density at radius 3 is 2.69 bits per heavy atom. The highest BCUT2D eigenvalue weighted by Gasteiger charge is 2.17. The first-order valence-electron chi connectivity index (χ1n) is 8.88. The van der Waals surface area contributed by atoms with Gasteiger partial charge in [-0.05, 0) is 35.2 Å². The average Bonchev–Trinajstić information content (AvgIpc) is 3.37. The lowest BCUT2D eigenvalue weighted by Gasteiger charge is -2.10. The molecule has 0 saturated carbocycles. The minimum atomic E-state index is -0.390. The minimum Gasteiger partial charge on any atom is -0.325 e. The monoisotopic (exact) mass is 424 g/mol. The number of rotatable bonds is 7. The molecule has 146 valence electrons. The topological polar surface area (TPSA) is 59.8 Å². The zero-order chi connectivity index (χ0) is 20.1. The van der Waals surface area contributed by atoms with Crippen LogP contribution in [0.4, 0.5) is 10.1 Å². The van der Waals surface area contributed by atoms with E-state index >= 15 is 0 Å². The smallest absolute Gasteiger partial charge is 0.234 e. The van der Waals surface area contributed by atoms with Gasteiger partial charge in [-0.25, -0.2) is 4.39 Å². The molecule has 2 aromatic heterocycles. The standard InChI is InChI=1S/C21H17FN4OS2/c22-16-8-4-9-17(12-16)23-19(27)14-29-21-25-24-20(18-10-5-11-28-18)26(21)13-15-6-2-1-3-7-15/h1-12H,13-14H2,(H,23,27). The van der Waals surface area contributed by atoms with Crippen LogP contribution < -0.4 is 5.32 Å². The van der Waals surface area contributed by atoms with Crippen molar-refractivity contribution in [1.29, 1.82) is 0 Å². The SMILES string of the molecule is O=C(CSc1nnc(-c2cccs2)n1Cc1ccccc1)Nc1cccc(F)c1. The third kappa shape index (κ3) is 4.90. The van der Waals surface area contributed by atoms with Crippen molar-refractivity contribution in [1.82, 2.24) is 14.8 Å². The van der Waals surface area contributed by atoms with Crippen LogP contribution in [0.2, 0.25) is 0 Å². The van der Waals surface area contributed by atoms with Crippen molar-refractivity contribution < 1.29 is 9.18 Å². The molecular formula is C21H17FN4OS2. The fourth-order valence-electron chi connectivity index (χ4n) is 2.79. The van der Waals surface area contributed by atoms with E-state index in [0.717, 1.165) is 16.3 Å². The number of thioether (sulfide) groups is 1. The number of hydrogen-bond donors (Lipinski definition) is 1. The van der Waals surface area contributed by atoms with Gasteiger partial charge in [0.1, 0.15) is 5.82 Å². The molecule has 0 atom stereocenters. The molecule has 29 heavy (non-hydrogen) atoms. The lowest BCUT2D eigenvalue weighted by atomic mass is 10.2. The Hall–Kier alpha value is -2.97. The molecule has 1 N–H and O–H groups in total. The van der Waals surface area contributed by atoms with E-state index in [0.29, 0.717) is 17.4 Å². The van der Waals surface area contributed by atoms with Crippen LogP contribution in [0.3, 0.4) is 0 Å². The molecule has 0 aliphatic carbocycles. The number of anilines is 1. The molecule has 0 unspecified atom stereocenters. The maximum Gasteiger partial charge on any atom is 0.234 e. The van der Waals surface area contributed by atoms with Crippen LogP contribution in [0.1, 0.15) is 5.56 Å². The number of thiophene rings is 1. The molecule has 0 spiro atoms. The number of nitrogens with one attached hydrogen (secondary N) is 1. The molecule has 4 rings (SSSR count). The fourth-order valence-corrected chi connectivity index (χ4v) is 4.24. The first-order chi connectivity index (χ1) is 14.2. The van der Waals surface area contributed by atoms with Crippen molar-refractivity contribution in [3.63, 3.8) is 0 Å². The van der Waals surface area contributed by atoms with E-state index in [1.165, 1.54) is 23.9 Å². The quantitative estimate of drug-likeness (QED) is 0.428. The molecule has 1 amide bonds. The van der Waals surface area contributed by atoms with Crippen LogP contribution >= 0.6 is 23.1 Å². The molecule has 0 radical (unpaired) electrons. The molecule has 0 fully saturated rings. The van der Waals surface area contributed by atoms with Gasteiger partial charge in [-0.15, -0.1) is 21.5 Å². The van der Waals surface area contributed by atoms with Crippen molar-refractivity contribution >= 4 is 34.7 Å².